The molecule has 0 heterocycles. The number of rotatable bonds is 5. The van der Waals surface area contributed by atoms with Crippen LogP contribution in [-0.2, 0) is 10.0 Å². The zero-order valence-electron chi connectivity index (χ0n) is 10.7. The average Bonchev–Trinajstić information content (AvgIpc) is 2.34. The van der Waals surface area contributed by atoms with Crippen molar-refractivity contribution in [3.8, 4) is 0 Å². The summed E-state index contributed by atoms with van der Waals surface area (Å²) in [5, 5.41) is 2.49. The summed E-state index contributed by atoms with van der Waals surface area (Å²) >= 11 is 0. The maximum atomic E-state index is 13.3. The highest BCUT2D eigenvalue weighted by molar-refractivity contribution is 7.89. The van der Waals surface area contributed by atoms with Gasteiger partial charge in [0, 0.05) is 27.2 Å². The van der Waals surface area contributed by atoms with E-state index >= 15 is 0 Å². The molecule has 1 aromatic carbocycles. The molecule has 0 atom stereocenters. The first kappa shape index (κ1) is 15.4. The highest BCUT2D eigenvalue weighted by atomic mass is 32.2. The van der Waals surface area contributed by atoms with Gasteiger partial charge in [0.25, 0.3) is 0 Å². The van der Waals surface area contributed by atoms with Crippen molar-refractivity contribution in [3.63, 3.8) is 0 Å². The summed E-state index contributed by atoms with van der Waals surface area (Å²) < 4.78 is 39.1. The maximum absolute atomic E-state index is 13.3. The Morgan fingerprint density at radius 2 is 1.89 bits per heavy atom. The molecule has 0 unspecified atom stereocenters. The topological polar surface area (TPSA) is 78.5 Å². The molecule has 2 amide bonds. The van der Waals surface area contributed by atoms with Gasteiger partial charge in [-0.1, -0.05) is 12.1 Å². The van der Waals surface area contributed by atoms with Crippen molar-refractivity contribution in [2.45, 2.75) is 4.90 Å². The molecule has 106 valence electrons. The van der Waals surface area contributed by atoms with E-state index in [4.69, 9.17) is 0 Å². The molecular formula is C11H16FN3O3S. The number of amides is 2. The fourth-order valence-electron chi connectivity index (χ4n) is 1.25. The molecule has 0 saturated carbocycles. The number of hydrogen-bond acceptors (Lipinski definition) is 3. The van der Waals surface area contributed by atoms with E-state index in [0.29, 0.717) is 0 Å². The fraction of sp³-hybridized carbons (Fsp3) is 0.364. The van der Waals surface area contributed by atoms with Crippen LogP contribution in [0.3, 0.4) is 0 Å². The van der Waals surface area contributed by atoms with E-state index in [2.05, 4.69) is 10.0 Å². The van der Waals surface area contributed by atoms with Crippen molar-refractivity contribution >= 4 is 16.1 Å². The molecule has 0 radical (unpaired) electrons. The molecule has 0 aliphatic carbocycles. The lowest BCUT2D eigenvalue weighted by Gasteiger charge is -2.12. The Balaban J connectivity index is 2.53. The van der Waals surface area contributed by atoms with E-state index in [1.54, 1.807) is 14.1 Å². The Morgan fingerprint density at radius 1 is 1.26 bits per heavy atom. The number of benzene rings is 1. The molecule has 0 spiro atoms. The summed E-state index contributed by atoms with van der Waals surface area (Å²) in [6, 6.07) is 4.76. The van der Waals surface area contributed by atoms with Gasteiger partial charge >= 0.3 is 6.03 Å². The fourth-order valence-corrected chi connectivity index (χ4v) is 2.36. The first-order valence-corrected chi connectivity index (χ1v) is 7.02. The van der Waals surface area contributed by atoms with E-state index in [-0.39, 0.29) is 19.1 Å². The van der Waals surface area contributed by atoms with E-state index in [0.717, 1.165) is 6.07 Å². The summed E-state index contributed by atoms with van der Waals surface area (Å²) in [6.45, 7) is 0.0982. The molecule has 6 nitrogen and oxygen atoms in total. The minimum Gasteiger partial charge on any atom is -0.337 e. The minimum absolute atomic E-state index is 0.0176. The van der Waals surface area contributed by atoms with Gasteiger partial charge in [-0.3, -0.25) is 0 Å². The van der Waals surface area contributed by atoms with Crippen LogP contribution in [0.15, 0.2) is 29.2 Å². The van der Waals surface area contributed by atoms with Crippen LogP contribution in [0.25, 0.3) is 0 Å². The normalized spacial score (nSPS) is 11.1. The Kier molecular flexibility index (Phi) is 5.25. The zero-order valence-corrected chi connectivity index (χ0v) is 11.5. The summed E-state index contributed by atoms with van der Waals surface area (Å²) in [5.74, 6) is -0.813. The Labute approximate surface area is 111 Å². The summed E-state index contributed by atoms with van der Waals surface area (Å²) in [7, 11) is -0.762. The van der Waals surface area contributed by atoms with Crippen molar-refractivity contribution < 1.29 is 17.6 Å². The first-order valence-electron chi connectivity index (χ1n) is 5.54. The Bertz CT molecular complexity index is 546. The van der Waals surface area contributed by atoms with Crippen LogP contribution >= 0.6 is 0 Å². The second-order valence-electron chi connectivity index (χ2n) is 3.95. The van der Waals surface area contributed by atoms with E-state index in [9.17, 15) is 17.6 Å². The predicted octanol–water partition coefficient (Wildman–Crippen LogP) is 0.375. The number of halogens is 1. The van der Waals surface area contributed by atoms with Crippen molar-refractivity contribution in [2.24, 2.45) is 0 Å². The van der Waals surface area contributed by atoms with Gasteiger partial charge in [-0.2, -0.15) is 0 Å². The van der Waals surface area contributed by atoms with Crippen LogP contribution in [0.4, 0.5) is 9.18 Å². The number of nitrogens with zero attached hydrogens (tertiary/aromatic N) is 1. The van der Waals surface area contributed by atoms with Gasteiger partial charge in [0.2, 0.25) is 10.0 Å². The van der Waals surface area contributed by atoms with Gasteiger partial charge in [-0.25, -0.2) is 22.3 Å². The molecule has 19 heavy (non-hydrogen) atoms. The standard InChI is InChI=1S/C11H16FN3O3S/c1-15(2)11(16)13-7-8-14-19(17,18)10-6-4-3-5-9(10)12/h3-6,14H,7-8H2,1-2H3,(H,13,16). The smallest absolute Gasteiger partial charge is 0.316 e. The van der Waals surface area contributed by atoms with Gasteiger partial charge in [0.1, 0.15) is 10.7 Å². The molecule has 0 bridgehead atoms. The lowest BCUT2D eigenvalue weighted by Crippen LogP contribution is -2.39. The molecular weight excluding hydrogens is 273 g/mol. The molecule has 0 aliphatic rings. The highest BCUT2D eigenvalue weighted by Crippen LogP contribution is 2.12. The van der Waals surface area contributed by atoms with E-state index < -0.39 is 20.7 Å². The van der Waals surface area contributed by atoms with Gasteiger partial charge in [-0.05, 0) is 12.1 Å². The SMILES string of the molecule is CN(C)C(=O)NCCNS(=O)(=O)c1ccccc1F. The zero-order chi connectivity index (χ0) is 14.5. The number of hydrogen-bond donors (Lipinski definition) is 2. The average molecular weight is 289 g/mol. The summed E-state index contributed by atoms with van der Waals surface area (Å²) in [4.78, 5) is 12.1. The molecule has 2 N–H and O–H groups in total. The van der Waals surface area contributed by atoms with Crippen molar-refractivity contribution in [1.29, 1.82) is 0 Å². The molecule has 1 aromatic rings. The molecule has 8 heteroatoms. The van der Waals surface area contributed by atoms with E-state index in [1.807, 2.05) is 0 Å². The molecule has 0 fully saturated rings. The lowest BCUT2D eigenvalue weighted by molar-refractivity contribution is 0.217. The number of sulfonamides is 1. The largest absolute Gasteiger partial charge is 0.337 e. The minimum atomic E-state index is -3.90. The third-order valence-electron chi connectivity index (χ3n) is 2.23. The van der Waals surface area contributed by atoms with Crippen molar-refractivity contribution in [2.75, 3.05) is 27.2 Å². The van der Waals surface area contributed by atoms with Crippen LogP contribution in [-0.4, -0.2) is 46.5 Å². The Morgan fingerprint density at radius 3 is 2.47 bits per heavy atom. The number of urea groups is 1. The van der Waals surface area contributed by atoms with Gasteiger partial charge in [0.15, 0.2) is 0 Å². The molecule has 1 rings (SSSR count). The van der Waals surface area contributed by atoms with Crippen LogP contribution in [0.2, 0.25) is 0 Å². The van der Waals surface area contributed by atoms with Gasteiger partial charge in [0.05, 0.1) is 0 Å². The molecule has 0 saturated heterocycles. The van der Waals surface area contributed by atoms with E-state index in [1.165, 1.54) is 23.1 Å². The lowest BCUT2D eigenvalue weighted by atomic mass is 10.4. The Hall–Kier alpha value is -1.67. The quantitative estimate of drug-likeness (QED) is 0.769. The van der Waals surface area contributed by atoms with Crippen molar-refractivity contribution in [3.05, 3.63) is 30.1 Å². The second-order valence-corrected chi connectivity index (χ2v) is 5.69. The van der Waals surface area contributed by atoms with Crippen LogP contribution in [0.5, 0.6) is 0 Å². The number of nitrogens with one attached hydrogen (secondary N) is 2. The maximum Gasteiger partial charge on any atom is 0.316 e. The van der Waals surface area contributed by atoms with Crippen LogP contribution in [0, 0.1) is 5.82 Å². The van der Waals surface area contributed by atoms with Gasteiger partial charge in [-0.15, -0.1) is 0 Å². The first-order chi connectivity index (χ1) is 8.84. The third-order valence-corrected chi connectivity index (χ3v) is 3.72. The predicted molar refractivity (Wildman–Crippen MR) is 68.7 cm³/mol. The van der Waals surface area contributed by atoms with Gasteiger partial charge < -0.3 is 10.2 Å². The number of carbonyl (C=O) groups is 1. The third kappa shape index (κ3) is 4.49. The summed E-state index contributed by atoms with van der Waals surface area (Å²) in [5.41, 5.74) is 0. The molecule has 0 aromatic heterocycles. The van der Waals surface area contributed by atoms with Crippen LogP contribution in [0.1, 0.15) is 0 Å². The summed E-state index contributed by atoms with van der Waals surface area (Å²) in [6.07, 6.45) is 0. The second kappa shape index (κ2) is 6.48. The number of carbonyl (C=O) groups excluding carboxylic acids is 1. The van der Waals surface area contributed by atoms with Crippen LogP contribution < -0.4 is 10.0 Å². The monoisotopic (exact) mass is 289 g/mol. The molecule has 0 aliphatic heterocycles. The highest BCUT2D eigenvalue weighted by Gasteiger charge is 2.17. The van der Waals surface area contributed by atoms with Crippen molar-refractivity contribution in [1.82, 2.24) is 14.9 Å².